The topological polar surface area (TPSA) is 63.2 Å². The van der Waals surface area contributed by atoms with Gasteiger partial charge in [0.15, 0.2) is 0 Å². The van der Waals surface area contributed by atoms with Crippen molar-refractivity contribution in [2.24, 2.45) is 0 Å². The Balaban J connectivity index is 2.65. The third-order valence-electron chi connectivity index (χ3n) is 2.88. The maximum atomic E-state index is 12.2. The van der Waals surface area contributed by atoms with Gasteiger partial charge in [0.25, 0.3) is 5.91 Å². The number of rotatable bonds is 9. The van der Waals surface area contributed by atoms with Crippen LogP contribution in [0.25, 0.3) is 0 Å². The summed E-state index contributed by atoms with van der Waals surface area (Å²) >= 11 is 0. The number of carbonyl (C=O) groups is 1. The van der Waals surface area contributed by atoms with Crippen LogP contribution < -0.4 is 10.6 Å². The van der Waals surface area contributed by atoms with Crippen molar-refractivity contribution in [3.8, 4) is 0 Å². The summed E-state index contributed by atoms with van der Waals surface area (Å²) in [6.07, 6.45) is 2.91. The SMILES string of the molecule is CCCNc1cccc(C(=O)NC(CCC)COC)n1. The minimum atomic E-state index is -0.152. The van der Waals surface area contributed by atoms with E-state index in [0.717, 1.165) is 31.6 Å². The summed E-state index contributed by atoms with van der Waals surface area (Å²) in [5, 5.41) is 6.14. The number of nitrogens with zero attached hydrogens (tertiary/aromatic N) is 1. The van der Waals surface area contributed by atoms with Crippen LogP contribution in [-0.2, 0) is 4.74 Å². The Morgan fingerprint density at radius 1 is 1.35 bits per heavy atom. The number of methoxy groups -OCH3 is 1. The summed E-state index contributed by atoms with van der Waals surface area (Å²) < 4.78 is 5.12. The van der Waals surface area contributed by atoms with Crippen LogP contribution in [0.1, 0.15) is 43.6 Å². The first kappa shape index (κ1) is 16.4. The number of nitrogens with one attached hydrogen (secondary N) is 2. The van der Waals surface area contributed by atoms with Crippen molar-refractivity contribution in [3.05, 3.63) is 23.9 Å². The lowest BCUT2D eigenvalue weighted by atomic mass is 10.1. The summed E-state index contributed by atoms with van der Waals surface area (Å²) in [6, 6.07) is 5.46. The second-order valence-electron chi connectivity index (χ2n) is 4.75. The number of ether oxygens (including phenoxy) is 1. The van der Waals surface area contributed by atoms with E-state index < -0.39 is 0 Å². The molecule has 0 aliphatic rings. The van der Waals surface area contributed by atoms with Crippen molar-refractivity contribution in [1.82, 2.24) is 10.3 Å². The van der Waals surface area contributed by atoms with Gasteiger partial charge in [-0.3, -0.25) is 4.79 Å². The van der Waals surface area contributed by atoms with Gasteiger partial charge in [-0.2, -0.15) is 0 Å². The molecule has 1 amide bonds. The molecule has 0 saturated carbocycles. The molecule has 0 saturated heterocycles. The molecule has 0 aromatic carbocycles. The standard InChI is InChI=1S/C15H25N3O2/c1-4-7-12(11-20-3)17-15(19)13-8-6-9-14(18-13)16-10-5-2/h6,8-9,12H,4-5,7,10-11H2,1-3H3,(H,16,18)(H,17,19). The second-order valence-corrected chi connectivity index (χ2v) is 4.75. The molecular formula is C15H25N3O2. The molecule has 1 heterocycles. The summed E-state index contributed by atoms with van der Waals surface area (Å²) in [5.74, 6) is 0.582. The van der Waals surface area contributed by atoms with Crippen LogP contribution in [0.15, 0.2) is 18.2 Å². The first-order valence-corrected chi connectivity index (χ1v) is 7.22. The van der Waals surface area contributed by atoms with Crippen molar-refractivity contribution in [3.63, 3.8) is 0 Å². The van der Waals surface area contributed by atoms with E-state index >= 15 is 0 Å². The van der Waals surface area contributed by atoms with Crippen molar-refractivity contribution < 1.29 is 9.53 Å². The molecule has 112 valence electrons. The van der Waals surface area contributed by atoms with E-state index in [9.17, 15) is 4.79 Å². The monoisotopic (exact) mass is 279 g/mol. The molecule has 5 heteroatoms. The van der Waals surface area contributed by atoms with Crippen molar-refractivity contribution in [2.45, 2.75) is 39.2 Å². The van der Waals surface area contributed by atoms with E-state index in [0.29, 0.717) is 12.3 Å². The highest BCUT2D eigenvalue weighted by molar-refractivity contribution is 5.92. The minimum absolute atomic E-state index is 0.0338. The molecule has 1 aromatic heterocycles. The Bertz CT molecular complexity index is 404. The quantitative estimate of drug-likeness (QED) is 0.729. The highest BCUT2D eigenvalue weighted by Crippen LogP contribution is 2.06. The van der Waals surface area contributed by atoms with Gasteiger partial charge in [-0.15, -0.1) is 0 Å². The third kappa shape index (κ3) is 5.57. The van der Waals surface area contributed by atoms with Gasteiger partial charge in [-0.25, -0.2) is 4.98 Å². The molecule has 1 aromatic rings. The lowest BCUT2D eigenvalue weighted by Gasteiger charge is -2.17. The molecule has 1 unspecified atom stereocenters. The molecule has 20 heavy (non-hydrogen) atoms. The summed E-state index contributed by atoms with van der Waals surface area (Å²) in [6.45, 7) is 5.54. The van der Waals surface area contributed by atoms with Gasteiger partial charge in [0.1, 0.15) is 11.5 Å². The van der Waals surface area contributed by atoms with Crippen LogP contribution >= 0.6 is 0 Å². The number of anilines is 1. The second kappa shape index (κ2) is 9.31. The number of pyridine rings is 1. The van der Waals surface area contributed by atoms with Gasteiger partial charge in [-0.05, 0) is 25.0 Å². The fourth-order valence-electron chi connectivity index (χ4n) is 1.92. The van der Waals surface area contributed by atoms with Crippen molar-refractivity contribution >= 4 is 11.7 Å². The fourth-order valence-corrected chi connectivity index (χ4v) is 1.92. The minimum Gasteiger partial charge on any atom is -0.383 e. The predicted octanol–water partition coefficient (Wildman–Crippen LogP) is 2.45. The zero-order valence-electron chi connectivity index (χ0n) is 12.6. The van der Waals surface area contributed by atoms with E-state index in [1.54, 1.807) is 13.2 Å². The number of hydrogen-bond donors (Lipinski definition) is 2. The lowest BCUT2D eigenvalue weighted by molar-refractivity contribution is 0.0887. The smallest absolute Gasteiger partial charge is 0.270 e. The first-order chi connectivity index (χ1) is 9.71. The van der Waals surface area contributed by atoms with Crippen LogP contribution in [0, 0.1) is 0 Å². The Hall–Kier alpha value is -1.62. The molecule has 1 atom stereocenters. The third-order valence-corrected chi connectivity index (χ3v) is 2.88. The van der Waals surface area contributed by atoms with Gasteiger partial charge < -0.3 is 15.4 Å². The van der Waals surface area contributed by atoms with Crippen LogP contribution in [0.2, 0.25) is 0 Å². The Labute approximate surface area is 121 Å². The van der Waals surface area contributed by atoms with Crippen LogP contribution in [-0.4, -0.2) is 37.2 Å². The normalized spacial score (nSPS) is 11.9. The molecule has 0 aliphatic heterocycles. The number of aromatic nitrogens is 1. The Morgan fingerprint density at radius 2 is 2.15 bits per heavy atom. The van der Waals surface area contributed by atoms with Gasteiger partial charge in [0.05, 0.1) is 12.6 Å². The molecule has 0 aliphatic carbocycles. The molecule has 1 rings (SSSR count). The van der Waals surface area contributed by atoms with Crippen molar-refractivity contribution in [2.75, 3.05) is 25.6 Å². The van der Waals surface area contributed by atoms with E-state index in [1.165, 1.54) is 0 Å². The van der Waals surface area contributed by atoms with Gasteiger partial charge in [-0.1, -0.05) is 26.3 Å². The molecule has 0 fully saturated rings. The maximum Gasteiger partial charge on any atom is 0.270 e. The van der Waals surface area contributed by atoms with Gasteiger partial charge in [0, 0.05) is 13.7 Å². The number of amides is 1. The number of carbonyl (C=O) groups excluding carboxylic acids is 1. The van der Waals surface area contributed by atoms with E-state index in [4.69, 9.17) is 4.74 Å². The van der Waals surface area contributed by atoms with E-state index in [-0.39, 0.29) is 11.9 Å². The van der Waals surface area contributed by atoms with Gasteiger partial charge in [0.2, 0.25) is 0 Å². The van der Waals surface area contributed by atoms with Crippen molar-refractivity contribution in [1.29, 1.82) is 0 Å². The van der Waals surface area contributed by atoms with Crippen LogP contribution in [0.3, 0.4) is 0 Å². The highest BCUT2D eigenvalue weighted by atomic mass is 16.5. The van der Waals surface area contributed by atoms with Crippen LogP contribution in [0.5, 0.6) is 0 Å². The predicted molar refractivity (Wildman–Crippen MR) is 81.1 cm³/mol. The molecule has 2 N–H and O–H groups in total. The average Bonchev–Trinajstić information content (AvgIpc) is 2.46. The maximum absolute atomic E-state index is 12.2. The average molecular weight is 279 g/mol. The largest absolute Gasteiger partial charge is 0.383 e. The molecular weight excluding hydrogens is 254 g/mol. The number of hydrogen-bond acceptors (Lipinski definition) is 4. The summed E-state index contributed by atoms with van der Waals surface area (Å²) in [5.41, 5.74) is 0.434. The molecule has 0 spiro atoms. The zero-order valence-corrected chi connectivity index (χ0v) is 12.6. The molecule has 0 radical (unpaired) electrons. The molecule has 0 bridgehead atoms. The van der Waals surface area contributed by atoms with E-state index in [2.05, 4.69) is 29.5 Å². The fraction of sp³-hybridized carbons (Fsp3) is 0.600. The Morgan fingerprint density at radius 3 is 2.80 bits per heavy atom. The van der Waals surface area contributed by atoms with Gasteiger partial charge >= 0.3 is 0 Å². The molecule has 5 nitrogen and oxygen atoms in total. The Kier molecular flexibility index (Phi) is 7.65. The zero-order chi connectivity index (χ0) is 14.8. The van der Waals surface area contributed by atoms with Crippen LogP contribution in [0.4, 0.5) is 5.82 Å². The van der Waals surface area contributed by atoms with E-state index in [1.807, 2.05) is 12.1 Å². The summed E-state index contributed by atoms with van der Waals surface area (Å²) in [7, 11) is 1.64. The lowest BCUT2D eigenvalue weighted by Crippen LogP contribution is -2.38. The summed E-state index contributed by atoms with van der Waals surface area (Å²) in [4.78, 5) is 16.5. The highest BCUT2D eigenvalue weighted by Gasteiger charge is 2.14. The first-order valence-electron chi connectivity index (χ1n) is 7.22.